The standard InChI is InChI=1S/C16H17F2NO/c1-2-20-16(11-7-4-3-5-8-11)15(19)12-9-6-10-13(17)14(12)18/h3-10,15-16H,2,19H2,1H3. The molecule has 0 bridgehead atoms. The van der Waals surface area contributed by atoms with Crippen LogP contribution in [0.5, 0.6) is 0 Å². The van der Waals surface area contributed by atoms with E-state index in [0.29, 0.717) is 6.61 Å². The zero-order chi connectivity index (χ0) is 14.5. The molecule has 2 N–H and O–H groups in total. The van der Waals surface area contributed by atoms with E-state index in [1.165, 1.54) is 12.1 Å². The van der Waals surface area contributed by atoms with Crippen molar-refractivity contribution < 1.29 is 13.5 Å². The van der Waals surface area contributed by atoms with E-state index in [1.807, 2.05) is 37.3 Å². The number of hydrogen-bond acceptors (Lipinski definition) is 2. The van der Waals surface area contributed by atoms with Crippen LogP contribution in [0.25, 0.3) is 0 Å². The minimum atomic E-state index is -0.916. The Bertz CT molecular complexity index is 560. The Labute approximate surface area is 117 Å². The van der Waals surface area contributed by atoms with Crippen molar-refractivity contribution in [2.45, 2.75) is 19.1 Å². The Morgan fingerprint density at radius 3 is 2.40 bits per heavy atom. The summed E-state index contributed by atoms with van der Waals surface area (Å²) < 4.78 is 32.8. The zero-order valence-corrected chi connectivity index (χ0v) is 11.2. The van der Waals surface area contributed by atoms with E-state index >= 15 is 0 Å². The average molecular weight is 277 g/mol. The summed E-state index contributed by atoms with van der Waals surface area (Å²) in [4.78, 5) is 0. The molecule has 0 aliphatic heterocycles. The van der Waals surface area contributed by atoms with Gasteiger partial charge in [0.25, 0.3) is 0 Å². The molecule has 106 valence electrons. The molecule has 2 unspecified atom stereocenters. The maximum Gasteiger partial charge on any atom is 0.163 e. The molecule has 2 aromatic carbocycles. The summed E-state index contributed by atoms with van der Waals surface area (Å²) in [7, 11) is 0. The monoisotopic (exact) mass is 277 g/mol. The molecule has 4 heteroatoms. The molecule has 0 aromatic heterocycles. The van der Waals surface area contributed by atoms with E-state index < -0.39 is 23.8 Å². The van der Waals surface area contributed by atoms with Gasteiger partial charge >= 0.3 is 0 Å². The predicted octanol–water partition coefficient (Wildman–Crippen LogP) is 3.74. The summed E-state index contributed by atoms with van der Waals surface area (Å²) in [5, 5.41) is 0. The predicted molar refractivity (Wildman–Crippen MR) is 74.1 cm³/mol. The van der Waals surface area contributed by atoms with Crippen LogP contribution in [0.3, 0.4) is 0 Å². The first-order valence-corrected chi connectivity index (χ1v) is 6.51. The van der Waals surface area contributed by atoms with Crippen LogP contribution in [0.1, 0.15) is 30.2 Å². The van der Waals surface area contributed by atoms with Crippen LogP contribution in [0.15, 0.2) is 48.5 Å². The van der Waals surface area contributed by atoms with Crippen LogP contribution in [-0.2, 0) is 4.74 Å². The van der Waals surface area contributed by atoms with Crippen molar-refractivity contribution >= 4 is 0 Å². The minimum absolute atomic E-state index is 0.118. The fourth-order valence-corrected chi connectivity index (χ4v) is 2.17. The third-order valence-electron chi connectivity index (χ3n) is 3.14. The highest BCUT2D eigenvalue weighted by Crippen LogP contribution is 2.32. The first-order chi connectivity index (χ1) is 9.65. The van der Waals surface area contributed by atoms with Gasteiger partial charge in [0.15, 0.2) is 11.6 Å². The van der Waals surface area contributed by atoms with E-state index in [0.717, 1.165) is 11.6 Å². The molecule has 0 amide bonds. The first-order valence-electron chi connectivity index (χ1n) is 6.51. The number of halogens is 2. The van der Waals surface area contributed by atoms with E-state index in [4.69, 9.17) is 10.5 Å². The highest BCUT2D eigenvalue weighted by atomic mass is 19.2. The van der Waals surface area contributed by atoms with Gasteiger partial charge in [0, 0.05) is 12.2 Å². The lowest BCUT2D eigenvalue weighted by atomic mass is 9.96. The van der Waals surface area contributed by atoms with Gasteiger partial charge in [-0.3, -0.25) is 0 Å². The zero-order valence-electron chi connectivity index (χ0n) is 11.2. The van der Waals surface area contributed by atoms with Gasteiger partial charge < -0.3 is 10.5 Å². The van der Waals surface area contributed by atoms with Crippen molar-refractivity contribution in [1.29, 1.82) is 0 Å². The number of rotatable bonds is 5. The molecule has 0 fully saturated rings. The second-order valence-corrected chi connectivity index (χ2v) is 4.46. The molecule has 0 aliphatic rings. The molecule has 20 heavy (non-hydrogen) atoms. The minimum Gasteiger partial charge on any atom is -0.372 e. The van der Waals surface area contributed by atoms with Crippen molar-refractivity contribution in [3.05, 3.63) is 71.3 Å². The molecule has 0 spiro atoms. The van der Waals surface area contributed by atoms with Gasteiger partial charge in [0.2, 0.25) is 0 Å². The van der Waals surface area contributed by atoms with Crippen molar-refractivity contribution in [1.82, 2.24) is 0 Å². The summed E-state index contributed by atoms with van der Waals surface area (Å²) in [6.45, 7) is 2.27. The first kappa shape index (κ1) is 14.6. The summed E-state index contributed by atoms with van der Waals surface area (Å²) in [5.74, 6) is -1.82. The largest absolute Gasteiger partial charge is 0.372 e. The van der Waals surface area contributed by atoms with Gasteiger partial charge in [0.05, 0.1) is 6.04 Å². The Kier molecular flexibility index (Phi) is 4.82. The Balaban J connectivity index is 2.36. The highest BCUT2D eigenvalue weighted by molar-refractivity contribution is 5.27. The maximum absolute atomic E-state index is 13.9. The van der Waals surface area contributed by atoms with Crippen LogP contribution in [0, 0.1) is 11.6 Å². The topological polar surface area (TPSA) is 35.2 Å². The quantitative estimate of drug-likeness (QED) is 0.903. The molecule has 2 rings (SSSR count). The smallest absolute Gasteiger partial charge is 0.163 e. The molecule has 2 nitrogen and oxygen atoms in total. The van der Waals surface area contributed by atoms with Crippen LogP contribution >= 0.6 is 0 Å². The third-order valence-corrected chi connectivity index (χ3v) is 3.14. The second kappa shape index (κ2) is 6.59. The Morgan fingerprint density at radius 2 is 1.75 bits per heavy atom. The van der Waals surface area contributed by atoms with Gasteiger partial charge in [-0.25, -0.2) is 8.78 Å². The highest BCUT2D eigenvalue weighted by Gasteiger charge is 2.25. The van der Waals surface area contributed by atoms with Crippen molar-refractivity contribution in [3.63, 3.8) is 0 Å². The van der Waals surface area contributed by atoms with Gasteiger partial charge in [-0.05, 0) is 18.6 Å². The molecule has 0 heterocycles. The van der Waals surface area contributed by atoms with Crippen LogP contribution in [0.2, 0.25) is 0 Å². The maximum atomic E-state index is 13.9. The molecule has 0 radical (unpaired) electrons. The second-order valence-electron chi connectivity index (χ2n) is 4.46. The molecule has 0 saturated carbocycles. The molecule has 2 atom stereocenters. The van der Waals surface area contributed by atoms with Gasteiger partial charge in [-0.2, -0.15) is 0 Å². The van der Waals surface area contributed by atoms with Crippen LogP contribution in [0.4, 0.5) is 8.78 Å². The summed E-state index contributed by atoms with van der Waals surface area (Å²) in [5.41, 5.74) is 7.05. The summed E-state index contributed by atoms with van der Waals surface area (Å²) >= 11 is 0. The number of benzene rings is 2. The van der Waals surface area contributed by atoms with Gasteiger partial charge in [-0.1, -0.05) is 42.5 Å². The Hall–Kier alpha value is -1.78. The van der Waals surface area contributed by atoms with Crippen LogP contribution in [-0.4, -0.2) is 6.61 Å². The molecule has 0 aliphatic carbocycles. The fourth-order valence-electron chi connectivity index (χ4n) is 2.17. The van der Waals surface area contributed by atoms with Crippen molar-refractivity contribution in [2.75, 3.05) is 6.61 Å². The van der Waals surface area contributed by atoms with Gasteiger partial charge in [0.1, 0.15) is 6.10 Å². The van der Waals surface area contributed by atoms with Crippen molar-refractivity contribution in [3.8, 4) is 0 Å². The molecular weight excluding hydrogens is 260 g/mol. The Morgan fingerprint density at radius 1 is 1.05 bits per heavy atom. The normalized spacial score (nSPS) is 14.0. The van der Waals surface area contributed by atoms with E-state index in [9.17, 15) is 8.78 Å². The summed E-state index contributed by atoms with van der Waals surface area (Å²) in [6.07, 6.45) is -0.516. The molecular formula is C16H17F2NO. The van der Waals surface area contributed by atoms with Crippen molar-refractivity contribution in [2.24, 2.45) is 5.73 Å². The number of hydrogen-bond donors (Lipinski definition) is 1. The summed E-state index contributed by atoms with van der Waals surface area (Å²) in [6, 6.07) is 12.5. The lowest BCUT2D eigenvalue weighted by Gasteiger charge is -2.25. The van der Waals surface area contributed by atoms with E-state index in [-0.39, 0.29) is 5.56 Å². The van der Waals surface area contributed by atoms with Crippen LogP contribution < -0.4 is 5.73 Å². The molecule has 2 aromatic rings. The lowest BCUT2D eigenvalue weighted by molar-refractivity contribution is 0.0419. The van der Waals surface area contributed by atoms with E-state index in [1.54, 1.807) is 0 Å². The average Bonchev–Trinajstić information content (AvgIpc) is 2.48. The SMILES string of the molecule is CCOC(c1ccccc1)C(N)c1cccc(F)c1F. The number of ether oxygens (including phenoxy) is 1. The third kappa shape index (κ3) is 3.03. The fraction of sp³-hybridized carbons (Fsp3) is 0.250. The lowest BCUT2D eigenvalue weighted by Crippen LogP contribution is -2.23. The molecule has 0 saturated heterocycles. The van der Waals surface area contributed by atoms with Gasteiger partial charge in [-0.15, -0.1) is 0 Å². The van der Waals surface area contributed by atoms with E-state index in [2.05, 4.69) is 0 Å². The number of nitrogens with two attached hydrogens (primary N) is 1.